The summed E-state index contributed by atoms with van der Waals surface area (Å²) in [6.45, 7) is 3.77. The van der Waals surface area contributed by atoms with E-state index in [9.17, 15) is 18.0 Å². The highest BCUT2D eigenvalue weighted by Crippen LogP contribution is 2.30. The van der Waals surface area contributed by atoms with Crippen LogP contribution in [0, 0.1) is 5.92 Å². The molecule has 1 aromatic carbocycles. The Kier molecular flexibility index (Phi) is 5.41. The van der Waals surface area contributed by atoms with E-state index >= 15 is 0 Å². The van der Waals surface area contributed by atoms with Crippen molar-refractivity contribution in [2.75, 3.05) is 5.32 Å². The minimum absolute atomic E-state index is 0.0806. The number of alkyl halides is 3. The number of carbonyl (C=O) groups excluding carboxylic acids is 1. The number of benzene rings is 1. The van der Waals surface area contributed by atoms with Gasteiger partial charge in [-0.15, -0.1) is 11.3 Å². The molecular weight excluding hydrogens is 325 g/mol. The molecule has 0 aliphatic carbocycles. The molecule has 2 rings (SSSR count). The van der Waals surface area contributed by atoms with Crippen molar-refractivity contribution in [1.82, 2.24) is 4.98 Å². The van der Waals surface area contributed by atoms with Gasteiger partial charge in [-0.3, -0.25) is 4.79 Å². The van der Waals surface area contributed by atoms with E-state index in [0.717, 1.165) is 29.0 Å². The van der Waals surface area contributed by atoms with Crippen molar-refractivity contribution in [2.24, 2.45) is 5.92 Å². The molecule has 0 bridgehead atoms. The summed E-state index contributed by atoms with van der Waals surface area (Å²) in [6, 6.07) is 5.06. The third-order valence-electron chi connectivity index (χ3n) is 3.50. The zero-order valence-electron chi connectivity index (χ0n) is 12.8. The maximum atomic E-state index is 12.5. The molecule has 23 heavy (non-hydrogen) atoms. The van der Waals surface area contributed by atoms with E-state index in [2.05, 4.69) is 10.3 Å². The molecule has 2 aromatic rings. The summed E-state index contributed by atoms with van der Waals surface area (Å²) >= 11 is 1.33. The summed E-state index contributed by atoms with van der Waals surface area (Å²) in [5, 5.41) is 3.26. The van der Waals surface area contributed by atoms with Gasteiger partial charge in [0, 0.05) is 23.4 Å². The fourth-order valence-electron chi connectivity index (χ4n) is 1.87. The van der Waals surface area contributed by atoms with Crippen LogP contribution in [0.4, 0.5) is 18.3 Å². The van der Waals surface area contributed by atoms with Crippen molar-refractivity contribution in [1.29, 1.82) is 0 Å². The molecule has 0 fully saturated rings. The van der Waals surface area contributed by atoms with Gasteiger partial charge in [-0.1, -0.05) is 26.0 Å². The van der Waals surface area contributed by atoms with Gasteiger partial charge >= 0.3 is 6.18 Å². The van der Waals surface area contributed by atoms with Crippen LogP contribution in [-0.4, -0.2) is 10.9 Å². The van der Waals surface area contributed by atoms with Crippen LogP contribution in [0.25, 0.3) is 0 Å². The molecule has 124 valence electrons. The normalized spacial score (nSPS) is 12.9. The van der Waals surface area contributed by atoms with Gasteiger partial charge in [0.2, 0.25) is 5.91 Å². The number of hydrogen-bond acceptors (Lipinski definition) is 3. The lowest BCUT2D eigenvalue weighted by Gasteiger charge is -2.07. The largest absolute Gasteiger partial charge is 0.416 e. The lowest BCUT2D eigenvalue weighted by atomic mass is 10.1. The van der Waals surface area contributed by atoms with Gasteiger partial charge in [0.25, 0.3) is 0 Å². The molecule has 1 heterocycles. The van der Waals surface area contributed by atoms with E-state index in [4.69, 9.17) is 0 Å². The predicted octanol–water partition coefficient (Wildman–Crippen LogP) is 4.74. The second kappa shape index (κ2) is 7.12. The first-order valence-corrected chi connectivity index (χ1v) is 8.03. The van der Waals surface area contributed by atoms with Crippen LogP contribution in [0.1, 0.15) is 36.3 Å². The van der Waals surface area contributed by atoms with Crippen LogP contribution in [0.2, 0.25) is 0 Å². The Morgan fingerprint density at radius 3 is 2.52 bits per heavy atom. The summed E-state index contributed by atoms with van der Waals surface area (Å²) in [6.07, 6.45) is -1.46. The highest BCUT2D eigenvalue weighted by atomic mass is 32.1. The van der Waals surface area contributed by atoms with E-state index < -0.39 is 11.7 Å². The molecule has 0 saturated heterocycles. The van der Waals surface area contributed by atoms with Crippen LogP contribution >= 0.6 is 11.3 Å². The van der Waals surface area contributed by atoms with Crippen molar-refractivity contribution in [3.8, 4) is 0 Å². The molecule has 1 amide bonds. The lowest BCUT2D eigenvalue weighted by Crippen LogP contribution is -2.19. The van der Waals surface area contributed by atoms with E-state index in [1.807, 2.05) is 13.8 Å². The van der Waals surface area contributed by atoms with Crippen LogP contribution < -0.4 is 5.32 Å². The van der Waals surface area contributed by atoms with Gasteiger partial charge in [0.1, 0.15) is 0 Å². The number of nitrogens with zero attached hydrogens (tertiary/aromatic N) is 1. The molecule has 0 aliphatic heterocycles. The average molecular weight is 342 g/mol. The highest BCUT2D eigenvalue weighted by Gasteiger charge is 2.29. The molecule has 1 unspecified atom stereocenters. The maximum Gasteiger partial charge on any atom is 0.416 e. The summed E-state index contributed by atoms with van der Waals surface area (Å²) < 4.78 is 37.6. The Hall–Kier alpha value is -1.89. The minimum Gasteiger partial charge on any atom is -0.302 e. The lowest BCUT2D eigenvalue weighted by molar-refractivity contribution is -0.137. The van der Waals surface area contributed by atoms with Gasteiger partial charge in [0.15, 0.2) is 5.13 Å². The molecular formula is C16H17F3N2OS. The number of hydrogen-bond donors (Lipinski definition) is 1. The Morgan fingerprint density at radius 1 is 1.30 bits per heavy atom. The second-order valence-corrected chi connectivity index (χ2v) is 6.42. The minimum atomic E-state index is -4.32. The second-order valence-electron chi connectivity index (χ2n) is 5.30. The number of anilines is 1. The number of thiazole rings is 1. The third-order valence-corrected chi connectivity index (χ3v) is 4.42. The standard InChI is InChI=1S/C16H17F3N2OS/c1-3-10(2)14(22)21-15-20-9-13(23-15)8-11-4-6-12(7-5-11)16(17,18)19/h4-7,9-10H,3,8H2,1-2H3,(H,20,21,22). The van der Waals surface area contributed by atoms with Crippen LogP contribution in [-0.2, 0) is 17.4 Å². The van der Waals surface area contributed by atoms with Crippen molar-refractivity contribution in [3.05, 3.63) is 46.5 Å². The number of carbonyl (C=O) groups is 1. The Bertz CT molecular complexity index is 665. The molecule has 1 aromatic heterocycles. The zero-order valence-corrected chi connectivity index (χ0v) is 13.6. The van der Waals surface area contributed by atoms with E-state index in [0.29, 0.717) is 11.6 Å². The molecule has 1 N–H and O–H groups in total. The number of nitrogens with one attached hydrogen (secondary N) is 1. The van der Waals surface area contributed by atoms with E-state index in [1.165, 1.54) is 23.5 Å². The number of amides is 1. The van der Waals surface area contributed by atoms with Crippen molar-refractivity contribution >= 4 is 22.4 Å². The van der Waals surface area contributed by atoms with Crippen LogP contribution in [0.3, 0.4) is 0 Å². The van der Waals surface area contributed by atoms with Crippen LogP contribution in [0.15, 0.2) is 30.5 Å². The van der Waals surface area contributed by atoms with Gasteiger partial charge < -0.3 is 5.32 Å². The number of rotatable bonds is 5. The van der Waals surface area contributed by atoms with Gasteiger partial charge in [-0.2, -0.15) is 13.2 Å². The number of aromatic nitrogens is 1. The fraction of sp³-hybridized carbons (Fsp3) is 0.375. The first-order valence-electron chi connectivity index (χ1n) is 7.21. The Balaban J connectivity index is 2.00. The van der Waals surface area contributed by atoms with Crippen LogP contribution in [0.5, 0.6) is 0 Å². The summed E-state index contributed by atoms with van der Waals surface area (Å²) in [7, 11) is 0. The summed E-state index contributed by atoms with van der Waals surface area (Å²) in [5.74, 6) is -0.166. The van der Waals surface area contributed by atoms with E-state index in [1.54, 1.807) is 6.20 Å². The Labute approximate surface area is 136 Å². The quantitative estimate of drug-likeness (QED) is 0.853. The third kappa shape index (κ3) is 4.79. The Morgan fingerprint density at radius 2 is 1.96 bits per heavy atom. The smallest absolute Gasteiger partial charge is 0.302 e. The maximum absolute atomic E-state index is 12.5. The zero-order chi connectivity index (χ0) is 17.0. The summed E-state index contributed by atoms with van der Waals surface area (Å²) in [5.41, 5.74) is 0.105. The average Bonchev–Trinajstić information content (AvgIpc) is 2.93. The first kappa shape index (κ1) is 17.5. The topological polar surface area (TPSA) is 42.0 Å². The fourth-order valence-corrected chi connectivity index (χ4v) is 2.72. The molecule has 0 aliphatic rings. The van der Waals surface area contributed by atoms with Gasteiger partial charge in [-0.25, -0.2) is 4.98 Å². The monoisotopic (exact) mass is 342 g/mol. The van der Waals surface area contributed by atoms with Gasteiger partial charge in [0.05, 0.1) is 5.56 Å². The molecule has 1 atom stereocenters. The van der Waals surface area contributed by atoms with Crippen molar-refractivity contribution in [3.63, 3.8) is 0 Å². The van der Waals surface area contributed by atoms with Gasteiger partial charge in [-0.05, 0) is 24.1 Å². The molecule has 0 saturated carbocycles. The van der Waals surface area contributed by atoms with Crippen molar-refractivity contribution in [2.45, 2.75) is 32.9 Å². The van der Waals surface area contributed by atoms with E-state index in [-0.39, 0.29) is 11.8 Å². The first-order chi connectivity index (χ1) is 10.8. The van der Waals surface area contributed by atoms with Crippen molar-refractivity contribution < 1.29 is 18.0 Å². The highest BCUT2D eigenvalue weighted by molar-refractivity contribution is 7.15. The SMILES string of the molecule is CCC(C)C(=O)Nc1ncc(Cc2ccc(C(F)(F)F)cc2)s1. The molecule has 7 heteroatoms. The molecule has 0 radical (unpaired) electrons. The molecule has 0 spiro atoms. The predicted molar refractivity (Wildman–Crippen MR) is 84.4 cm³/mol. The summed E-state index contributed by atoms with van der Waals surface area (Å²) in [4.78, 5) is 16.8. The molecule has 3 nitrogen and oxygen atoms in total. The number of halogens is 3.